The van der Waals surface area contributed by atoms with Gasteiger partial charge in [0.25, 0.3) is 5.91 Å². The van der Waals surface area contributed by atoms with E-state index in [1.807, 2.05) is 60.4 Å². The number of hydrogen-bond donors (Lipinski definition) is 1. The first-order valence-corrected chi connectivity index (χ1v) is 10.8. The lowest BCUT2D eigenvalue weighted by Gasteiger charge is -2.51. The van der Waals surface area contributed by atoms with Crippen molar-refractivity contribution < 1.29 is 14.6 Å². The fraction of sp³-hybridized carbons (Fsp3) is 0.375. The van der Waals surface area contributed by atoms with Gasteiger partial charge in [0.15, 0.2) is 0 Å². The molecule has 1 saturated heterocycles. The largest absolute Gasteiger partial charge is 0.396 e. The molecule has 0 aromatic heterocycles. The highest BCUT2D eigenvalue weighted by Gasteiger charge is 2.51. The summed E-state index contributed by atoms with van der Waals surface area (Å²) in [6.45, 7) is 7.55. The average molecular weight is 448 g/mol. The van der Waals surface area contributed by atoms with E-state index in [1.165, 1.54) is 0 Å². The van der Waals surface area contributed by atoms with Gasteiger partial charge in [0, 0.05) is 29.1 Å². The van der Waals surface area contributed by atoms with E-state index in [0.717, 1.165) is 11.1 Å². The van der Waals surface area contributed by atoms with E-state index in [2.05, 4.69) is 6.58 Å². The first kappa shape index (κ1) is 22.8. The average Bonchev–Trinajstić information content (AvgIpc) is 2.71. The van der Waals surface area contributed by atoms with Crippen LogP contribution >= 0.6 is 23.2 Å². The lowest BCUT2D eigenvalue weighted by molar-refractivity contribution is -0.201. The van der Waals surface area contributed by atoms with E-state index in [-0.39, 0.29) is 18.6 Å². The standard InChI is InChI=1S/C24H27Cl2NO3/c1-4-13-24(3)23(29)27(16(2)12-14-28)21(17-8-10-19(25)11-9-17)22(30-24)18-6-5-7-20(26)15-18/h4-11,15-16,21-22,28H,1,12-14H2,2-3H3/t16-,21+,22+,24-/m0/s1. The second-order valence-electron chi connectivity index (χ2n) is 7.89. The monoisotopic (exact) mass is 447 g/mol. The van der Waals surface area contributed by atoms with Gasteiger partial charge in [-0.1, -0.05) is 53.5 Å². The highest BCUT2D eigenvalue weighted by Crippen LogP contribution is 2.47. The van der Waals surface area contributed by atoms with Gasteiger partial charge < -0.3 is 14.7 Å². The molecule has 0 bridgehead atoms. The maximum atomic E-state index is 13.7. The zero-order valence-electron chi connectivity index (χ0n) is 17.2. The number of aliphatic hydroxyl groups is 1. The van der Waals surface area contributed by atoms with Crippen molar-refractivity contribution >= 4 is 29.1 Å². The molecule has 2 aromatic rings. The fourth-order valence-corrected chi connectivity index (χ4v) is 4.41. The lowest BCUT2D eigenvalue weighted by atomic mass is 9.86. The molecule has 6 heteroatoms. The number of rotatable bonds is 7. The van der Waals surface area contributed by atoms with Gasteiger partial charge in [0.05, 0.1) is 6.04 Å². The summed E-state index contributed by atoms with van der Waals surface area (Å²) < 4.78 is 6.51. The van der Waals surface area contributed by atoms with E-state index in [0.29, 0.717) is 22.9 Å². The van der Waals surface area contributed by atoms with Crippen LogP contribution in [0.5, 0.6) is 0 Å². The third-order valence-electron chi connectivity index (χ3n) is 5.60. The molecule has 1 amide bonds. The molecule has 1 fully saturated rings. The molecule has 1 aliphatic heterocycles. The van der Waals surface area contributed by atoms with Crippen molar-refractivity contribution in [2.45, 2.75) is 50.5 Å². The third-order valence-corrected chi connectivity index (χ3v) is 6.09. The SMILES string of the molecule is C=CC[C@]1(C)O[C@H](c2cccc(Cl)c2)[C@@H](c2ccc(Cl)cc2)N([C@@H](C)CCO)C1=O. The molecule has 3 rings (SSSR count). The van der Waals surface area contributed by atoms with Crippen LogP contribution in [0.2, 0.25) is 10.0 Å². The zero-order valence-corrected chi connectivity index (χ0v) is 18.7. The first-order valence-electron chi connectivity index (χ1n) is 10.0. The maximum absolute atomic E-state index is 13.7. The number of aliphatic hydroxyl groups excluding tert-OH is 1. The summed E-state index contributed by atoms with van der Waals surface area (Å²) in [5.74, 6) is -0.124. The number of benzene rings is 2. The van der Waals surface area contributed by atoms with Gasteiger partial charge in [0.1, 0.15) is 11.7 Å². The number of amides is 1. The predicted octanol–water partition coefficient (Wildman–Crippen LogP) is 5.74. The van der Waals surface area contributed by atoms with Crippen LogP contribution < -0.4 is 0 Å². The molecule has 4 nitrogen and oxygen atoms in total. The molecule has 30 heavy (non-hydrogen) atoms. The van der Waals surface area contributed by atoms with Gasteiger partial charge in [0.2, 0.25) is 0 Å². The molecule has 0 aliphatic carbocycles. The lowest BCUT2D eigenvalue weighted by Crippen LogP contribution is -2.59. The third kappa shape index (κ3) is 4.57. The number of ether oxygens (including phenoxy) is 1. The second kappa shape index (κ2) is 9.52. The summed E-state index contributed by atoms with van der Waals surface area (Å²) in [5, 5.41) is 10.8. The number of nitrogens with zero attached hydrogens (tertiary/aromatic N) is 1. The molecule has 2 aromatic carbocycles. The minimum Gasteiger partial charge on any atom is -0.396 e. The second-order valence-corrected chi connectivity index (χ2v) is 8.76. The van der Waals surface area contributed by atoms with Crippen LogP contribution in [-0.4, -0.2) is 34.2 Å². The van der Waals surface area contributed by atoms with Gasteiger partial charge in [-0.25, -0.2) is 0 Å². The quantitative estimate of drug-likeness (QED) is 0.550. The molecule has 1 heterocycles. The molecule has 0 unspecified atom stereocenters. The van der Waals surface area contributed by atoms with E-state index in [4.69, 9.17) is 27.9 Å². The Morgan fingerprint density at radius 2 is 1.90 bits per heavy atom. The molecule has 160 valence electrons. The number of halogens is 2. The van der Waals surface area contributed by atoms with Crippen LogP contribution in [0.4, 0.5) is 0 Å². The summed E-state index contributed by atoms with van der Waals surface area (Å²) in [6, 6.07) is 14.4. The van der Waals surface area contributed by atoms with Crippen molar-refractivity contribution in [3.05, 3.63) is 82.4 Å². The smallest absolute Gasteiger partial charge is 0.255 e. The molecule has 0 saturated carbocycles. The fourth-order valence-electron chi connectivity index (χ4n) is 4.08. The van der Waals surface area contributed by atoms with Gasteiger partial charge in [-0.15, -0.1) is 6.58 Å². The molecular weight excluding hydrogens is 421 g/mol. The minimum absolute atomic E-state index is 0.0147. The first-order chi connectivity index (χ1) is 14.3. The Bertz CT molecular complexity index is 902. The van der Waals surface area contributed by atoms with Crippen LogP contribution in [0, 0.1) is 0 Å². The van der Waals surface area contributed by atoms with Crippen molar-refractivity contribution in [2.24, 2.45) is 0 Å². The van der Waals surface area contributed by atoms with E-state index in [9.17, 15) is 9.90 Å². The number of carbonyl (C=O) groups is 1. The summed E-state index contributed by atoms with van der Waals surface area (Å²) in [6.07, 6.45) is 2.08. The Morgan fingerprint density at radius 1 is 1.20 bits per heavy atom. The topological polar surface area (TPSA) is 49.8 Å². The van der Waals surface area contributed by atoms with Crippen molar-refractivity contribution in [1.82, 2.24) is 4.90 Å². The Kier molecular flexibility index (Phi) is 7.25. The van der Waals surface area contributed by atoms with Gasteiger partial charge in [-0.05, 0) is 55.7 Å². The van der Waals surface area contributed by atoms with Crippen LogP contribution in [0.25, 0.3) is 0 Å². The Labute approximate surface area is 188 Å². The van der Waals surface area contributed by atoms with Crippen molar-refractivity contribution in [2.75, 3.05) is 6.61 Å². The summed E-state index contributed by atoms with van der Waals surface area (Å²) in [4.78, 5) is 15.5. The summed E-state index contributed by atoms with van der Waals surface area (Å²) in [7, 11) is 0. The number of morpholine rings is 1. The minimum atomic E-state index is -1.07. The molecule has 0 radical (unpaired) electrons. The van der Waals surface area contributed by atoms with Gasteiger partial charge >= 0.3 is 0 Å². The van der Waals surface area contributed by atoms with Crippen LogP contribution in [0.15, 0.2) is 61.2 Å². The predicted molar refractivity (Wildman–Crippen MR) is 121 cm³/mol. The van der Waals surface area contributed by atoms with Crippen molar-refractivity contribution in [3.63, 3.8) is 0 Å². The van der Waals surface area contributed by atoms with Crippen LogP contribution in [0.3, 0.4) is 0 Å². The highest BCUT2D eigenvalue weighted by atomic mass is 35.5. The van der Waals surface area contributed by atoms with E-state index < -0.39 is 17.7 Å². The summed E-state index contributed by atoms with van der Waals surface area (Å²) in [5.41, 5.74) is 0.719. The number of hydrogen-bond acceptors (Lipinski definition) is 3. The molecule has 0 spiro atoms. The number of carbonyl (C=O) groups excluding carboxylic acids is 1. The Morgan fingerprint density at radius 3 is 2.50 bits per heavy atom. The molecule has 1 aliphatic rings. The highest BCUT2D eigenvalue weighted by molar-refractivity contribution is 6.30. The molecule has 4 atom stereocenters. The summed E-state index contributed by atoms with van der Waals surface area (Å²) >= 11 is 12.4. The van der Waals surface area contributed by atoms with Crippen molar-refractivity contribution in [1.29, 1.82) is 0 Å². The normalized spacial score (nSPS) is 25.2. The van der Waals surface area contributed by atoms with Gasteiger partial charge in [-0.3, -0.25) is 4.79 Å². The van der Waals surface area contributed by atoms with Crippen LogP contribution in [0.1, 0.15) is 50.0 Å². The van der Waals surface area contributed by atoms with Crippen LogP contribution in [-0.2, 0) is 9.53 Å². The van der Waals surface area contributed by atoms with Gasteiger partial charge in [-0.2, -0.15) is 0 Å². The maximum Gasteiger partial charge on any atom is 0.255 e. The zero-order chi connectivity index (χ0) is 21.9. The van der Waals surface area contributed by atoms with E-state index >= 15 is 0 Å². The van der Waals surface area contributed by atoms with E-state index in [1.54, 1.807) is 13.0 Å². The molecule has 1 N–H and O–H groups in total. The Hall–Kier alpha value is -1.85. The molecular formula is C24H27Cl2NO3. The Balaban J connectivity index is 2.19. The van der Waals surface area contributed by atoms with Crippen molar-refractivity contribution in [3.8, 4) is 0 Å².